The van der Waals surface area contributed by atoms with Crippen molar-refractivity contribution in [1.82, 2.24) is 4.90 Å². The minimum absolute atomic E-state index is 0.122. The summed E-state index contributed by atoms with van der Waals surface area (Å²) in [5.41, 5.74) is 2.37. The van der Waals surface area contributed by atoms with Crippen LogP contribution in [0.2, 0.25) is 0 Å². The van der Waals surface area contributed by atoms with Gasteiger partial charge in [0.25, 0.3) is 0 Å². The first-order valence-electron chi connectivity index (χ1n) is 10.4. The molecule has 0 aromatic heterocycles. The number of aliphatic hydroxyl groups is 4. The summed E-state index contributed by atoms with van der Waals surface area (Å²) in [7, 11) is 3.04. The fourth-order valence-electron chi connectivity index (χ4n) is 5.95. The van der Waals surface area contributed by atoms with E-state index in [2.05, 4.69) is 15.9 Å². The lowest BCUT2D eigenvalue weighted by molar-refractivity contribution is -0.194. The second-order valence-electron chi connectivity index (χ2n) is 9.24. The zero-order chi connectivity index (χ0) is 24.7. The summed E-state index contributed by atoms with van der Waals surface area (Å²) >= 11 is 3.15. The number of nitrogens with two attached hydrogens (primary N) is 1. The van der Waals surface area contributed by atoms with Gasteiger partial charge in [0.1, 0.15) is 17.4 Å². The molecule has 3 aliphatic carbocycles. The molecule has 1 saturated carbocycles. The number of hydrogen-bond acceptors (Lipinski definition) is 9. The van der Waals surface area contributed by atoms with E-state index in [9.17, 15) is 39.9 Å². The Morgan fingerprint density at radius 2 is 1.76 bits per heavy atom. The van der Waals surface area contributed by atoms with Gasteiger partial charge in [0.2, 0.25) is 5.91 Å². The van der Waals surface area contributed by atoms with Crippen LogP contribution in [0.5, 0.6) is 5.75 Å². The zero-order valence-electron chi connectivity index (χ0n) is 18.1. The average molecular weight is 525 g/mol. The van der Waals surface area contributed by atoms with Crippen LogP contribution in [0.3, 0.4) is 0 Å². The van der Waals surface area contributed by atoms with Crippen molar-refractivity contribution in [1.29, 1.82) is 0 Å². The number of nitrogens with zero attached hydrogens (tertiary/aromatic N) is 1. The Hall–Kier alpha value is -2.31. The van der Waals surface area contributed by atoms with Crippen LogP contribution in [0.4, 0.5) is 0 Å². The number of phenols is 1. The van der Waals surface area contributed by atoms with Crippen LogP contribution < -0.4 is 5.73 Å². The molecule has 7 N–H and O–H groups in total. The molecule has 0 spiro atoms. The van der Waals surface area contributed by atoms with Crippen LogP contribution in [0.15, 0.2) is 27.9 Å². The highest BCUT2D eigenvalue weighted by atomic mass is 79.9. The number of rotatable bonds is 2. The van der Waals surface area contributed by atoms with Crippen molar-refractivity contribution in [2.75, 3.05) is 14.1 Å². The van der Waals surface area contributed by atoms with Gasteiger partial charge in [0.15, 0.2) is 17.2 Å². The highest BCUT2D eigenvalue weighted by Gasteiger charge is 2.69. The monoisotopic (exact) mass is 524 g/mol. The van der Waals surface area contributed by atoms with Crippen LogP contribution in [0.25, 0.3) is 0 Å². The number of primary amides is 1. The number of carbonyl (C=O) groups is 3. The van der Waals surface area contributed by atoms with E-state index in [0.717, 1.165) is 0 Å². The molecule has 8 atom stereocenters. The van der Waals surface area contributed by atoms with Gasteiger partial charge in [0.05, 0.1) is 22.2 Å². The number of benzene rings is 1. The summed E-state index contributed by atoms with van der Waals surface area (Å²) in [4.78, 5) is 40.2. The van der Waals surface area contributed by atoms with Crippen molar-refractivity contribution >= 4 is 33.4 Å². The van der Waals surface area contributed by atoms with Gasteiger partial charge in [-0.2, -0.15) is 0 Å². The van der Waals surface area contributed by atoms with Gasteiger partial charge in [-0.15, -0.1) is 0 Å². The van der Waals surface area contributed by atoms with Gasteiger partial charge in [-0.25, -0.2) is 0 Å². The van der Waals surface area contributed by atoms with E-state index in [1.807, 2.05) is 0 Å². The van der Waals surface area contributed by atoms with Crippen LogP contribution >= 0.6 is 15.9 Å². The summed E-state index contributed by atoms with van der Waals surface area (Å²) in [6, 6.07) is 1.99. The van der Waals surface area contributed by atoms with E-state index in [1.165, 1.54) is 19.0 Å². The second kappa shape index (κ2) is 7.60. The highest BCUT2D eigenvalue weighted by molar-refractivity contribution is 9.10. The Bertz CT molecular complexity index is 1120. The summed E-state index contributed by atoms with van der Waals surface area (Å²) < 4.78 is 0.228. The Morgan fingerprint density at radius 3 is 2.30 bits per heavy atom. The fourth-order valence-corrected chi connectivity index (χ4v) is 6.28. The molecule has 3 aliphatic rings. The SMILES string of the molecule is C[C@H]1c2ccc(Br)c(O)c2C(=O)C2=C(O)[C@]3(O)C(=O)C(C(N)=O)C(O)[C@@H](N(C)C)[C@@H]3[C@@H](O)[C@@H]21. The molecule has 11 heteroatoms. The molecule has 1 aromatic rings. The van der Waals surface area contributed by atoms with Gasteiger partial charge in [0, 0.05) is 23.5 Å². The Morgan fingerprint density at radius 1 is 1.15 bits per heavy atom. The summed E-state index contributed by atoms with van der Waals surface area (Å²) in [6.07, 6.45) is -3.24. The number of aliphatic hydroxyl groups excluding tert-OH is 3. The third-order valence-electron chi connectivity index (χ3n) is 7.45. The second-order valence-corrected chi connectivity index (χ2v) is 10.1. The van der Waals surface area contributed by atoms with E-state index in [0.29, 0.717) is 5.56 Å². The van der Waals surface area contributed by atoms with Gasteiger partial charge in [-0.3, -0.25) is 14.4 Å². The molecule has 1 amide bonds. The number of phenolic OH excluding ortho intramolecular Hbond substituents is 1. The largest absolute Gasteiger partial charge is 0.508 e. The van der Waals surface area contributed by atoms with Crippen LogP contribution in [0, 0.1) is 17.8 Å². The number of ketones is 2. The van der Waals surface area contributed by atoms with Crippen molar-refractivity contribution in [3.05, 3.63) is 39.1 Å². The lowest BCUT2D eigenvalue weighted by Gasteiger charge is -2.56. The number of amides is 1. The number of hydrogen-bond donors (Lipinski definition) is 6. The van der Waals surface area contributed by atoms with E-state index in [4.69, 9.17) is 5.73 Å². The standard InChI is InChI=1S/C22H25BrN2O8/c1-6-7-4-5-8(23)15(26)10(7)16(27)11-9(6)17(28)13-14(25(2)3)18(29)12(21(24)32)20(31)22(13,33)19(11)30/h4-6,9,12-14,17-18,26,28-30,33H,1-3H3,(H2,24,32)/t6-,9+,12?,13+,14-,17-,18?,22-/m0/s1. The molecule has 33 heavy (non-hydrogen) atoms. The van der Waals surface area contributed by atoms with E-state index >= 15 is 0 Å². The topological polar surface area (TPSA) is 182 Å². The molecule has 178 valence electrons. The molecule has 0 radical (unpaired) electrons. The van der Waals surface area contributed by atoms with Crippen molar-refractivity contribution in [2.24, 2.45) is 23.5 Å². The lowest BCUT2D eigenvalue weighted by Crippen LogP contribution is -2.74. The van der Waals surface area contributed by atoms with Crippen molar-refractivity contribution in [2.45, 2.75) is 36.7 Å². The van der Waals surface area contributed by atoms with Crippen molar-refractivity contribution in [3.8, 4) is 5.75 Å². The van der Waals surface area contributed by atoms with Crippen LogP contribution in [-0.2, 0) is 9.59 Å². The number of carbonyl (C=O) groups excluding carboxylic acids is 3. The minimum Gasteiger partial charge on any atom is -0.508 e. The number of likely N-dealkylation sites (N-methyl/N-ethyl adjacent to an activating group) is 1. The van der Waals surface area contributed by atoms with Gasteiger partial charge < -0.3 is 36.2 Å². The van der Waals surface area contributed by atoms with Crippen LogP contribution in [-0.4, -0.2) is 85.9 Å². The first kappa shape index (κ1) is 23.8. The predicted molar refractivity (Wildman–Crippen MR) is 117 cm³/mol. The molecule has 0 bridgehead atoms. The molecule has 0 heterocycles. The van der Waals surface area contributed by atoms with E-state index in [-0.39, 0.29) is 15.8 Å². The molecule has 10 nitrogen and oxygen atoms in total. The van der Waals surface area contributed by atoms with E-state index in [1.54, 1.807) is 19.1 Å². The number of fused-ring (bicyclic) bond motifs is 3. The van der Waals surface area contributed by atoms with Gasteiger partial charge >= 0.3 is 0 Å². The normalized spacial score (nSPS) is 38.1. The molecule has 4 rings (SSSR count). The Balaban J connectivity index is 2.03. The molecule has 1 aromatic carbocycles. The van der Waals surface area contributed by atoms with Gasteiger partial charge in [-0.1, -0.05) is 13.0 Å². The minimum atomic E-state index is -2.85. The molecule has 1 fully saturated rings. The van der Waals surface area contributed by atoms with E-state index < -0.39 is 76.3 Å². The first-order valence-corrected chi connectivity index (χ1v) is 11.2. The maximum Gasteiger partial charge on any atom is 0.230 e. The number of aromatic hydroxyl groups is 1. The number of Topliss-reactive ketones (excluding diaryl/α,β-unsaturated/α-hetero) is 2. The third-order valence-corrected chi connectivity index (χ3v) is 8.09. The Labute approximate surface area is 197 Å². The fraction of sp³-hybridized carbons (Fsp3) is 0.500. The molecular weight excluding hydrogens is 500 g/mol. The Kier molecular flexibility index (Phi) is 5.49. The first-order chi connectivity index (χ1) is 15.3. The molecule has 0 saturated heterocycles. The van der Waals surface area contributed by atoms with Crippen LogP contribution in [0.1, 0.15) is 28.8 Å². The lowest BCUT2D eigenvalue weighted by atomic mass is 9.53. The zero-order valence-corrected chi connectivity index (χ0v) is 19.6. The summed E-state index contributed by atoms with van der Waals surface area (Å²) in [5.74, 6) is -9.75. The quantitative estimate of drug-likeness (QED) is 0.280. The molecular formula is C22H25BrN2O8. The maximum absolute atomic E-state index is 13.5. The summed E-state index contributed by atoms with van der Waals surface area (Å²) in [5, 5.41) is 55.7. The number of halogens is 1. The van der Waals surface area contributed by atoms with Crippen molar-refractivity contribution < 1.29 is 39.9 Å². The third kappa shape index (κ3) is 2.89. The molecule has 0 aliphatic heterocycles. The maximum atomic E-state index is 13.5. The summed E-state index contributed by atoms with van der Waals surface area (Å²) in [6.45, 7) is 1.68. The van der Waals surface area contributed by atoms with Gasteiger partial charge in [-0.05, 0) is 47.6 Å². The average Bonchev–Trinajstić information content (AvgIpc) is 2.72. The highest BCUT2D eigenvalue weighted by Crippen LogP contribution is 2.56. The predicted octanol–water partition coefficient (Wildman–Crippen LogP) is -0.420. The van der Waals surface area contributed by atoms with Crippen molar-refractivity contribution in [3.63, 3.8) is 0 Å². The molecule has 2 unspecified atom stereocenters. The smallest absolute Gasteiger partial charge is 0.230 e.